The van der Waals surface area contributed by atoms with E-state index in [-0.39, 0.29) is 0 Å². The number of hydrogen-bond donors (Lipinski definition) is 1. The van der Waals surface area contributed by atoms with Crippen molar-refractivity contribution in [3.05, 3.63) is 0 Å². The van der Waals surface area contributed by atoms with Crippen LogP contribution in [0.1, 0.15) is 46.5 Å². The van der Waals surface area contributed by atoms with Crippen molar-refractivity contribution < 1.29 is 4.74 Å². The van der Waals surface area contributed by atoms with Crippen LogP contribution < -0.4 is 5.32 Å². The molecule has 0 saturated carbocycles. The molecule has 0 aliphatic carbocycles. The lowest BCUT2D eigenvalue weighted by Crippen LogP contribution is -2.48. The molecule has 0 aromatic carbocycles. The van der Waals surface area contributed by atoms with Crippen LogP contribution in [0.4, 0.5) is 0 Å². The second-order valence-corrected chi connectivity index (χ2v) is 6.54. The summed E-state index contributed by atoms with van der Waals surface area (Å²) in [6.07, 6.45) is 4.99. The number of nitrogens with zero attached hydrogens (tertiary/aromatic N) is 1. The second kappa shape index (κ2) is 8.93. The van der Waals surface area contributed by atoms with E-state index in [1.165, 1.54) is 32.2 Å². The van der Waals surface area contributed by atoms with E-state index >= 15 is 0 Å². The third-order valence-electron chi connectivity index (χ3n) is 4.26. The molecule has 3 nitrogen and oxygen atoms in total. The first kappa shape index (κ1) is 16.9. The highest BCUT2D eigenvalue weighted by Crippen LogP contribution is 2.29. The van der Waals surface area contributed by atoms with Gasteiger partial charge in [-0.05, 0) is 38.8 Å². The van der Waals surface area contributed by atoms with Crippen LogP contribution in [0.15, 0.2) is 0 Å². The minimum Gasteiger partial charge on any atom is -0.381 e. The number of ether oxygens (including phenoxy) is 1. The molecule has 0 radical (unpaired) electrons. The van der Waals surface area contributed by atoms with Crippen molar-refractivity contribution in [1.29, 1.82) is 0 Å². The molecular formula is C16H34N2O. The molecule has 1 aliphatic heterocycles. The van der Waals surface area contributed by atoms with Crippen LogP contribution in [0.3, 0.4) is 0 Å². The fourth-order valence-corrected chi connectivity index (χ4v) is 3.06. The summed E-state index contributed by atoms with van der Waals surface area (Å²) in [5, 5.41) is 3.61. The summed E-state index contributed by atoms with van der Waals surface area (Å²) < 4.78 is 5.78. The van der Waals surface area contributed by atoms with Gasteiger partial charge in [-0.1, -0.05) is 27.2 Å². The Labute approximate surface area is 120 Å². The van der Waals surface area contributed by atoms with Crippen molar-refractivity contribution in [3.8, 4) is 0 Å². The second-order valence-electron chi connectivity index (χ2n) is 6.54. The van der Waals surface area contributed by atoms with Crippen LogP contribution >= 0.6 is 0 Å². The van der Waals surface area contributed by atoms with Gasteiger partial charge in [0.15, 0.2) is 0 Å². The zero-order valence-corrected chi connectivity index (χ0v) is 13.5. The molecule has 0 aromatic rings. The molecule has 19 heavy (non-hydrogen) atoms. The molecule has 0 spiro atoms. The van der Waals surface area contributed by atoms with E-state index in [1.807, 2.05) is 0 Å². The van der Waals surface area contributed by atoms with Crippen LogP contribution in [0.5, 0.6) is 0 Å². The van der Waals surface area contributed by atoms with Crippen LogP contribution in [0.2, 0.25) is 0 Å². The zero-order chi connectivity index (χ0) is 14.1. The first-order valence-corrected chi connectivity index (χ1v) is 8.09. The van der Waals surface area contributed by atoms with Gasteiger partial charge in [-0.25, -0.2) is 0 Å². The van der Waals surface area contributed by atoms with Gasteiger partial charge in [-0.3, -0.25) is 0 Å². The molecule has 1 saturated heterocycles. The summed E-state index contributed by atoms with van der Waals surface area (Å²) in [4.78, 5) is 2.51. The first-order chi connectivity index (χ1) is 9.12. The standard InChI is InChI=1S/C16H34N2O/c1-5-9-17-12-16(8-7-10-19-14-16)13-18(4)11-15(3)6-2/h15,17H,5-14H2,1-4H3. The minimum absolute atomic E-state index is 0.329. The van der Waals surface area contributed by atoms with Crippen LogP contribution in [-0.2, 0) is 4.74 Å². The monoisotopic (exact) mass is 270 g/mol. The number of nitrogens with one attached hydrogen (secondary N) is 1. The van der Waals surface area contributed by atoms with Crippen molar-refractivity contribution in [3.63, 3.8) is 0 Å². The summed E-state index contributed by atoms with van der Waals surface area (Å²) in [5.41, 5.74) is 0.329. The van der Waals surface area contributed by atoms with Crippen LogP contribution in [-0.4, -0.2) is 51.3 Å². The van der Waals surface area contributed by atoms with Crippen LogP contribution in [0, 0.1) is 11.3 Å². The smallest absolute Gasteiger partial charge is 0.0546 e. The van der Waals surface area contributed by atoms with Crippen molar-refractivity contribution in [2.45, 2.75) is 46.5 Å². The van der Waals surface area contributed by atoms with Gasteiger partial charge in [0.1, 0.15) is 0 Å². The van der Waals surface area contributed by atoms with Gasteiger partial charge < -0.3 is 15.0 Å². The Bertz CT molecular complexity index is 227. The van der Waals surface area contributed by atoms with Gasteiger partial charge in [-0.15, -0.1) is 0 Å². The molecule has 1 rings (SSSR count). The van der Waals surface area contributed by atoms with Crippen molar-refractivity contribution in [2.24, 2.45) is 11.3 Å². The van der Waals surface area contributed by atoms with Gasteiger partial charge in [0.25, 0.3) is 0 Å². The fourth-order valence-electron chi connectivity index (χ4n) is 3.06. The Morgan fingerprint density at radius 3 is 2.74 bits per heavy atom. The quantitative estimate of drug-likeness (QED) is 0.652. The van der Waals surface area contributed by atoms with Crippen LogP contribution in [0.25, 0.3) is 0 Å². The number of rotatable bonds is 9. The lowest BCUT2D eigenvalue weighted by Gasteiger charge is -2.40. The van der Waals surface area contributed by atoms with E-state index in [2.05, 4.69) is 38.0 Å². The van der Waals surface area contributed by atoms with Gasteiger partial charge in [-0.2, -0.15) is 0 Å². The van der Waals surface area contributed by atoms with E-state index in [0.29, 0.717) is 5.41 Å². The maximum atomic E-state index is 5.78. The Hall–Kier alpha value is -0.120. The SMILES string of the molecule is CCCNCC1(CN(C)CC(C)CC)CCCOC1. The Balaban J connectivity index is 2.47. The number of hydrogen-bond acceptors (Lipinski definition) is 3. The van der Waals surface area contributed by atoms with E-state index in [9.17, 15) is 0 Å². The summed E-state index contributed by atoms with van der Waals surface area (Å²) in [7, 11) is 2.27. The van der Waals surface area contributed by atoms with Crippen molar-refractivity contribution >= 4 is 0 Å². The summed E-state index contributed by atoms with van der Waals surface area (Å²) in [6, 6.07) is 0. The lowest BCUT2D eigenvalue weighted by atomic mass is 9.81. The summed E-state index contributed by atoms with van der Waals surface area (Å²) >= 11 is 0. The molecule has 0 amide bonds. The van der Waals surface area contributed by atoms with E-state index in [0.717, 1.165) is 38.8 Å². The molecule has 0 aromatic heterocycles. The van der Waals surface area contributed by atoms with Gasteiger partial charge in [0.05, 0.1) is 6.61 Å². The molecule has 0 bridgehead atoms. The highest BCUT2D eigenvalue weighted by molar-refractivity contribution is 4.87. The maximum absolute atomic E-state index is 5.78. The Kier molecular flexibility index (Phi) is 7.96. The highest BCUT2D eigenvalue weighted by Gasteiger charge is 2.33. The lowest BCUT2D eigenvalue weighted by molar-refractivity contribution is -0.0240. The molecular weight excluding hydrogens is 236 g/mol. The van der Waals surface area contributed by atoms with E-state index in [1.54, 1.807) is 0 Å². The van der Waals surface area contributed by atoms with Gasteiger partial charge in [0, 0.05) is 31.7 Å². The highest BCUT2D eigenvalue weighted by atomic mass is 16.5. The molecule has 1 heterocycles. The van der Waals surface area contributed by atoms with Crippen molar-refractivity contribution in [1.82, 2.24) is 10.2 Å². The first-order valence-electron chi connectivity index (χ1n) is 8.09. The minimum atomic E-state index is 0.329. The summed E-state index contributed by atoms with van der Waals surface area (Å²) in [5.74, 6) is 0.787. The van der Waals surface area contributed by atoms with E-state index in [4.69, 9.17) is 4.74 Å². The Morgan fingerprint density at radius 1 is 1.37 bits per heavy atom. The molecule has 2 atom stereocenters. The Morgan fingerprint density at radius 2 is 2.16 bits per heavy atom. The summed E-state index contributed by atoms with van der Waals surface area (Å²) in [6.45, 7) is 13.3. The molecule has 1 N–H and O–H groups in total. The zero-order valence-electron chi connectivity index (χ0n) is 13.5. The predicted octanol–water partition coefficient (Wildman–Crippen LogP) is 2.76. The average molecular weight is 270 g/mol. The fraction of sp³-hybridized carbons (Fsp3) is 1.00. The van der Waals surface area contributed by atoms with Gasteiger partial charge >= 0.3 is 0 Å². The average Bonchev–Trinajstić information content (AvgIpc) is 2.39. The maximum Gasteiger partial charge on any atom is 0.0546 e. The van der Waals surface area contributed by atoms with Crippen molar-refractivity contribution in [2.75, 3.05) is 46.4 Å². The third-order valence-corrected chi connectivity index (χ3v) is 4.26. The topological polar surface area (TPSA) is 24.5 Å². The largest absolute Gasteiger partial charge is 0.381 e. The van der Waals surface area contributed by atoms with E-state index < -0.39 is 0 Å². The molecule has 3 heteroatoms. The molecule has 1 fully saturated rings. The predicted molar refractivity (Wildman–Crippen MR) is 82.6 cm³/mol. The van der Waals surface area contributed by atoms with Gasteiger partial charge in [0.2, 0.25) is 0 Å². The molecule has 114 valence electrons. The third kappa shape index (κ3) is 6.24. The normalized spacial score (nSPS) is 25.7. The molecule has 2 unspecified atom stereocenters. The molecule has 1 aliphatic rings.